The van der Waals surface area contributed by atoms with Crippen LogP contribution in [0.2, 0.25) is 0 Å². The summed E-state index contributed by atoms with van der Waals surface area (Å²) in [6.45, 7) is 7.46. The molecule has 4 rings (SSSR count). The van der Waals surface area contributed by atoms with Crippen LogP contribution in [-0.4, -0.2) is 52.8 Å². The minimum absolute atomic E-state index is 0.525. The summed E-state index contributed by atoms with van der Waals surface area (Å²) in [5.41, 5.74) is 5.70. The second kappa shape index (κ2) is 7.24. The zero-order chi connectivity index (χ0) is 19.0. The molecular weight excluding hydrogens is 336 g/mol. The minimum atomic E-state index is 0.525. The van der Waals surface area contributed by atoms with Crippen LogP contribution in [0.1, 0.15) is 41.5 Å². The van der Waals surface area contributed by atoms with E-state index < -0.39 is 0 Å². The topological polar surface area (TPSA) is 68.9 Å². The van der Waals surface area contributed by atoms with Crippen LogP contribution in [0.4, 0.5) is 5.82 Å². The highest BCUT2D eigenvalue weighted by Crippen LogP contribution is 2.34. The van der Waals surface area contributed by atoms with Crippen LogP contribution >= 0.6 is 0 Å². The van der Waals surface area contributed by atoms with E-state index >= 15 is 0 Å². The first-order valence-electron chi connectivity index (χ1n) is 9.77. The summed E-state index contributed by atoms with van der Waals surface area (Å²) in [5, 5.41) is 18.3. The van der Waals surface area contributed by atoms with Crippen LogP contribution in [0.5, 0.6) is 0 Å². The first-order valence-corrected chi connectivity index (χ1v) is 9.77. The molecule has 2 aromatic rings. The second-order valence-corrected chi connectivity index (χ2v) is 7.83. The van der Waals surface area contributed by atoms with Crippen molar-refractivity contribution in [2.45, 2.75) is 45.6 Å². The number of pyridine rings is 1. The molecule has 6 nitrogen and oxygen atoms in total. The molecule has 2 aromatic heterocycles. The molecule has 0 aliphatic carbocycles. The minimum Gasteiger partial charge on any atom is -0.351 e. The van der Waals surface area contributed by atoms with Gasteiger partial charge in [0.15, 0.2) is 5.82 Å². The molecule has 0 N–H and O–H groups in total. The number of nitriles is 1. The number of fused-ring (bicyclic) bond motifs is 1. The number of aromatic nitrogens is 3. The van der Waals surface area contributed by atoms with Gasteiger partial charge in [-0.25, -0.2) is 0 Å². The van der Waals surface area contributed by atoms with Crippen molar-refractivity contribution in [1.29, 1.82) is 5.26 Å². The standard InChI is InChI=1S/C21H26N6/c1-14-10-16(11-22)12-23-19(14)20-15(2)18-7-5-9-27(21(18)25-24-20)17-6-4-8-26(3)13-17/h10,12,17H,4-9,13H2,1-3H3. The monoisotopic (exact) mass is 362 g/mol. The maximum absolute atomic E-state index is 9.08. The molecule has 1 saturated heterocycles. The summed E-state index contributed by atoms with van der Waals surface area (Å²) in [5.74, 6) is 1.06. The van der Waals surface area contributed by atoms with Crippen molar-refractivity contribution in [2.75, 3.05) is 31.6 Å². The summed E-state index contributed by atoms with van der Waals surface area (Å²) in [7, 11) is 2.20. The Labute approximate surface area is 160 Å². The zero-order valence-corrected chi connectivity index (χ0v) is 16.4. The van der Waals surface area contributed by atoms with Crippen LogP contribution in [0.25, 0.3) is 11.4 Å². The number of piperidine rings is 1. The fourth-order valence-electron chi connectivity index (χ4n) is 4.46. The molecule has 2 aliphatic rings. The molecule has 1 unspecified atom stereocenters. The summed E-state index contributed by atoms with van der Waals surface area (Å²) < 4.78 is 0. The lowest BCUT2D eigenvalue weighted by Crippen LogP contribution is -2.49. The van der Waals surface area contributed by atoms with Crippen LogP contribution in [-0.2, 0) is 6.42 Å². The van der Waals surface area contributed by atoms with Gasteiger partial charge in [-0.15, -0.1) is 10.2 Å². The Hall–Kier alpha value is -2.52. The Kier molecular flexibility index (Phi) is 4.79. The lowest BCUT2D eigenvalue weighted by molar-refractivity contribution is 0.242. The molecule has 2 aliphatic heterocycles. The van der Waals surface area contributed by atoms with Crippen molar-refractivity contribution >= 4 is 5.82 Å². The third kappa shape index (κ3) is 3.28. The highest BCUT2D eigenvalue weighted by atomic mass is 15.3. The Morgan fingerprint density at radius 3 is 2.74 bits per heavy atom. The van der Waals surface area contributed by atoms with E-state index in [-0.39, 0.29) is 0 Å². The van der Waals surface area contributed by atoms with E-state index in [1.54, 1.807) is 6.20 Å². The van der Waals surface area contributed by atoms with Gasteiger partial charge >= 0.3 is 0 Å². The highest BCUT2D eigenvalue weighted by Gasteiger charge is 2.30. The molecule has 0 saturated carbocycles. The number of nitrogens with zero attached hydrogens (tertiary/aromatic N) is 6. The van der Waals surface area contributed by atoms with E-state index in [1.165, 1.54) is 30.5 Å². The van der Waals surface area contributed by atoms with Gasteiger partial charge in [0.1, 0.15) is 11.8 Å². The van der Waals surface area contributed by atoms with Gasteiger partial charge < -0.3 is 9.80 Å². The summed E-state index contributed by atoms with van der Waals surface area (Å²) in [4.78, 5) is 9.40. The molecule has 1 atom stereocenters. The zero-order valence-electron chi connectivity index (χ0n) is 16.4. The van der Waals surface area contributed by atoms with Crippen molar-refractivity contribution in [3.63, 3.8) is 0 Å². The first-order chi connectivity index (χ1) is 13.1. The molecule has 0 bridgehead atoms. The van der Waals surface area contributed by atoms with E-state index in [0.29, 0.717) is 11.6 Å². The van der Waals surface area contributed by atoms with Gasteiger partial charge in [-0.2, -0.15) is 5.26 Å². The van der Waals surface area contributed by atoms with Crippen LogP contribution in [0.3, 0.4) is 0 Å². The average Bonchev–Trinajstić information content (AvgIpc) is 2.68. The lowest BCUT2D eigenvalue weighted by Gasteiger charge is -2.41. The van der Waals surface area contributed by atoms with Crippen molar-refractivity contribution in [3.05, 3.63) is 34.5 Å². The van der Waals surface area contributed by atoms with Crippen LogP contribution in [0.15, 0.2) is 12.3 Å². The van der Waals surface area contributed by atoms with Crippen molar-refractivity contribution in [1.82, 2.24) is 20.1 Å². The number of aryl methyl sites for hydroxylation is 1. The molecule has 6 heteroatoms. The van der Waals surface area contributed by atoms with Crippen LogP contribution in [0, 0.1) is 25.2 Å². The molecule has 4 heterocycles. The van der Waals surface area contributed by atoms with Gasteiger partial charge in [0, 0.05) is 30.9 Å². The van der Waals surface area contributed by atoms with Gasteiger partial charge in [-0.3, -0.25) is 4.98 Å². The summed E-state index contributed by atoms with van der Waals surface area (Å²) >= 11 is 0. The van der Waals surface area contributed by atoms with E-state index in [0.717, 1.165) is 48.7 Å². The van der Waals surface area contributed by atoms with Gasteiger partial charge in [0.25, 0.3) is 0 Å². The second-order valence-electron chi connectivity index (χ2n) is 7.83. The predicted octanol–water partition coefficient (Wildman–Crippen LogP) is 2.87. The third-order valence-electron chi connectivity index (χ3n) is 5.89. The van der Waals surface area contributed by atoms with E-state index in [2.05, 4.69) is 45.0 Å². The number of hydrogen-bond donors (Lipinski definition) is 0. The summed E-state index contributed by atoms with van der Waals surface area (Å²) in [6.07, 6.45) is 6.28. The van der Waals surface area contributed by atoms with Crippen molar-refractivity contribution in [2.24, 2.45) is 0 Å². The largest absolute Gasteiger partial charge is 0.351 e. The van der Waals surface area contributed by atoms with Gasteiger partial charge in [0.2, 0.25) is 0 Å². The molecule has 0 radical (unpaired) electrons. The number of likely N-dealkylation sites (tertiary alicyclic amines) is 1. The molecule has 0 amide bonds. The molecule has 1 fully saturated rings. The smallest absolute Gasteiger partial charge is 0.155 e. The first kappa shape index (κ1) is 17.9. The van der Waals surface area contributed by atoms with Crippen molar-refractivity contribution < 1.29 is 0 Å². The van der Waals surface area contributed by atoms with E-state index in [1.807, 2.05) is 13.0 Å². The highest BCUT2D eigenvalue weighted by molar-refractivity contribution is 5.68. The number of anilines is 1. The number of hydrogen-bond acceptors (Lipinski definition) is 6. The van der Waals surface area contributed by atoms with E-state index in [4.69, 9.17) is 5.26 Å². The Morgan fingerprint density at radius 2 is 2.00 bits per heavy atom. The maximum Gasteiger partial charge on any atom is 0.155 e. The normalized spacial score (nSPS) is 20.2. The third-order valence-corrected chi connectivity index (χ3v) is 5.89. The quantitative estimate of drug-likeness (QED) is 0.818. The van der Waals surface area contributed by atoms with Gasteiger partial charge in [-0.1, -0.05) is 0 Å². The lowest BCUT2D eigenvalue weighted by atomic mass is 9.95. The fraction of sp³-hybridized carbons (Fsp3) is 0.524. The van der Waals surface area contributed by atoms with Gasteiger partial charge in [0.05, 0.1) is 11.3 Å². The van der Waals surface area contributed by atoms with Crippen LogP contribution < -0.4 is 4.90 Å². The molecule has 140 valence electrons. The molecule has 0 spiro atoms. The summed E-state index contributed by atoms with van der Waals surface area (Å²) in [6, 6.07) is 4.54. The molecular formula is C21H26N6. The van der Waals surface area contributed by atoms with Crippen molar-refractivity contribution in [3.8, 4) is 17.5 Å². The SMILES string of the molecule is Cc1cc(C#N)cnc1-c1nnc2c(c1C)CCCN2C1CCCN(C)C1. The van der Waals surface area contributed by atoms with E-state index in [9.17, 15) is 0 Å². The number of rotatable bonds is 2. The molecule has 27 heavy (non-hydrogen) atoms. The fourth-order valence-corrected chi connectivity index (χ4v) is 4.46. The Bertz CT molecular complexity index is 900. The number of likely N-dealkylation sites (N-methyl/N-ethyl adjacent to an activating group) is 1. The van der Waals surface area contributed by atoms with Gasteiger partial charge in [-0.05, 0) is 70.3 Å². The average molecular weight is 362 g/mol. The Balaban J connectivity index is 1.72. The predicted molar refractivity (Wildman–Crippen MR) is 106 cm³/mol. The maximum atomic E-state index is 9.08. The Morgan fingerprint density at radius 1 is 1.15 bits per heavy atom. The molecule has 0 aromatic carbocycles.